The van der Waals surface area contributed by atoms with Crippen LogP contribution < -0.4 is 9.64 Å². The maximum atomic E-state index is 13.8. The first-order chi connectivity index (χ1) is 15.9. The third-order valence-corrected chi connectivity index (χ3v) is 5.79. The molecule has 0 radical (unpaired) electrons. The van der Waals surface area contributed by atoms with Crippen LogP contribution >= 0.6 is 15.9 Å². The Labute approximate surface area is 197 Å². The summed E-state index contributed by atoms with van der Waals surface area (Å²) in [7, 11) is 3.15. The van der Waals surface area contributed by atoms with Crippen molar-refractivity contribution >= 4 is 50.7 Å². The van der Waals surface area contributed by atoms with E-state index in [1.807, 2.05) is 0 Å². The fourth-order valence-electron chi connectivity index (χ4n) is 3.44. The average Bonchev–Trinajstić information content (AvgIpc) is 3.18. The lowest BCUT2D eigenvalue weighted by molar-refractivity contribution is -0.125. The number of pyridine rings is 2. The summed E-state index contributed by atoms with van der Waals surface area (Å²) < 4.78 is 24.7. The number of amides is 2. The van der Waals surface area contributed by atoms with Gasteiger partial charge in [0.05, 0.1) is 41.4 Å². The molecule has 1 saturated heterocycles. The smallest absolute Gasteiger partial charge is 0.414 e. The lowest BCUT2D eigenvalue weighted by Crippen LogP contribution is -2.35. The summed E-state index contributed by atoms with van der Waals surface area (Å²) in [6, 6.07) is 9.68. The molecule has 0 bridgehead atoms. The third kappa shape index (κ3) is 4.95. The summed E-state index contributed by atoms with van der Waals surface area (Å²) in [6.07, 6.45) is 3.60. The number of hydrogen-bond donors (Lipinski definition) is 0. The van der Waals surface area contributed by atoms with E-state index in [0.29, 0.717) is 27.1 Å². The molecular weight excluding hydrogens is 495 g/mol. The molecule has 1 atom stereocenters. The monoisotopic (exact) mass is 514 g/mol. The number of ether oxygens (including phenoxy) is 2. The van der Waals surface area contributed by atoms with Gasteiger partial charge in [0.2, 0.25) is 11.8 Å². The number of fused-ring (bicyclic) bond motifs is 1. The summed E-state index contributed by atoms with van der Waals surface area (Å²) >= 11 is 3.09. The van der Waals surface area contributed by atoms with Crippen LogP contribution in [0.3, 0.4) is 0 Å². The number of aromatic nitrogens is 2. The molecule has 4 rings (SSSR count). The van der Waals surface area contributed by atoms with Crippen molar-refractivity contribution in [2.45, 2.75) is 6.10 Å². The number of carbonyl (C=O) groups is 2. The predicted octanol–water partition coefficient (Wildman–Crippen LogP) is 4.04. The highest BCUT2D eigenvalue weighted by molar-refractivity contribution is 9.10. The molecule has 3 aromatic rings. The minimum Gasteiger partial charge on any atom is -0.481 e. The van der Waals surface area contributed by atoms with Crippen LogP contribution in [0.5, 0.6) is 5.88 Å². The molecule has 8 nitrogen and oxygen atoms in total. The maximum absolute atomic E-state index is 13.8. The summed E-state index contributed by atoms with van der Waals surface area (Å²) in [5.74, 6) is -0.296. The van der Waals surface area contributed by atoms with Crippen LogP contribution in [0.25, 0.3) is 17.1 Å². The first kappa shape index (κ1) is 22.7. The Morgan fingerprint density at radius 3 is 2.94 bits per heavy atom. The van der Waals surface area contributed by atoms with Gasteiger partial charge < -0.3 is 14.4 Å². The molecule has 170 valence electrons. The van der Waals surface area contributed by atoms with Crippen LogP contribution in [0, 0.1) is 5.82 Å². The summed E-state index contributed by atoms with van der Waals surface area (Å²) in [5, 5.41) is 0. The van der Waals surface area contributed by atoms with E-state index in [-0.39, 0.29) is 19.0 Å². The fraction of sp³-hybridized carbons (Fsp3) is 0.217. The third-order valence-electron chi connectivity index (χ3n) is 5.15. The Hall–Kier alpha value is -3.53. The van der Waals surface area contributed by atoms with Crippen molar-refractivity contribution in [2.24, 2.45) is 0 Å². The molecular formula is C23H20BrFN4O4. The molecule has 1 aliphatic rings. The second-order valence-electron chi connectivity index (χ2n) is 7.39. The molecule has 1 aliphatic heterocycles. The molecule has 3 heterocycles. The Morgan fingerprint density at radius 1 is 1.36 bits per heavy atom. The van der Waals surface area contributed by atoms with E-state index in [0.717, 1.165) is 5.56 Å². The Bertz CT molecular complexity index is 1250. The van der Waals surface area contributed by atoms with Crippen LogP contribution in [0.15, 0.2) is 53.1 Å². The van der Waals surface area contributed by atoms with E-state index in [4.69, 9.17) is 9.47 Å². The summed E-state index contributed by atoms with van der Waals surface area (Å²) in [5.41, 5.74) is 2.41. The number of benzene rings is 1. The Morgan fingerprint density at radius 2 is 2.18 bits per heavy atom. The van der Waals surface area contributed by atoms with Crippen molar-refractivity contribution in [2.75, 3.05) is 32.1 Å². The number of nitrogens with zero attached hydrogens (tertiary/aromatic N) is 4. The van der Waals surface area contributed by atoms with Crippen LogP contribution in [0.1, 0.15) is 5.56 Å². The molecule has 0 saturated carbocycles. The number of halogens is 2. The van der Waals surface area contributed by atoms with Gasteiger partial charge in [0.25, 0.3) is 0 Å². The van der Waals surface area contributed by atoms with Gasteiger partial charge in [0, 0.05) is 31.0 Å². The van der Waals surface area contributed by atoms with E-state index >= 15 is 0 Å². The van der Waals surface area contributed by atoms with Crippen molar-refractivity contribution in [1.82, 2.24) is 14.9 Å². The van der Waals surface area contributed by atoms with Gasteiger partial charge in [-0.3, -0.25) is 14.7 Å². The number of rotatable bonds is 6. The number of methoxy groups -OCH3 is 1. The molecule has 2 aromatic heterocycles. The van der Waals surface area contributed by atoms with Crippen molar-refractivity contribution in [1.29, 1.82) is 0 Å². The van der Waals surface area contributed by atoms with Gasteiger partial charge >= 0.3 is 6.09 Å². The average molecular weight is 515 g/mol. The Balaban J connectivity index is 1.42. The molecule has 0 aliphatic carbocycles. The number of likely N-dealkylation sites (N-methyl/N-ethyl adjacent to an activating group) is 1. The number of anilines is 1. The lowest BCUT2D eigenvalue weighted by Gasteiger charge is -2.18. The zero-order chi connectivity index (χ0) is 23.5. The fourth-order valence-corrected chi connectivity index (χ4v) is 3.69. The van der Waals surface area contributed by atoms with E-state index in [1.165, 1.54) is 35.1 Å². The molecule has 0 N–H and O–H groups in total. The molecule has 1 unspecified atom stereocenters. The van der Waals surface area contributed by atoms with Crippen LogP contribution in [0.4, 0.5) is 14.9 Å². The first-order valence-corrected chi connectivity index (χ1v) is 10.8. The highest BCUT2D eigenvalue weighted by Gasteiger charge is 2.33. The maximum Gasteiger partial charge on any atom is 0.414 e. The molecule has 0 spiro atoms. The van der Waals surface area contributed by atoms with Gasteiger partial charge in [-0.15, -0.1) is 0 Å². The molecule has 33 heavy (non-hydrogen) atoms. The van der Waals surface area contributed by atoms with Gasteiger partial charge in [-0.2, -0.15) is 0 Å². The quantitative estimate of drug-likeness (QED) is 0.461. The predicted molar refractivity (Wildman–Crippen MR) is 124 cm³/mol. The van der Waals surface area contributed by atoms with E-state index in [2.05, 4.69) is 25.9 Å². The molecule has 1 aromatic carbocycles. The van der Waals surface area contributed by atoms with E-state index < -0.39 is 18.0 Å². The first-order valence-electron chi connectivity index (χ1n) is 10.0. The number of cyclic esters (lactones) is 1. The number of hydrogen-bond acceptors (Lipinski definition) is 6. The minimum absolute atomic E-state index is 0.188. The summed E-state index contributed by atoms with van der Waals surface area (Å²) in [6.45, 7) is 0.396. The van der Waals surface area contributed by atoms with Gasteiger partial charge in [-0.05, 0) is 52.3 Å². The summed E-state index contributed by atoms with van der Waals surface area (Å²) in [4.78, 5) is 36.4. The lowest BCUT2D eigenvalue weighted by atomic mass is 10.2. The second kappa shape index (κ2) is 9.53. The Kier molecular flexibility index (Phi) is 6.55. The second-order valence-corrected chi connectivity index (χ2v) is 8.24. The van der Waals surface area contributed by atoms with Gasteiger partial charge in [0.1, 0.15) is 11.9 Å². The van der Waals surface area contributed by atoms with Crippen molar-refractivity contribution in [3.8, 4) is 5.88 Å². The highest BCUT2D eigenvalue weighted by Crippen LogP contribution is 2.26. The van der Waals surface area contributed by atoms with Crippen LogP contribution in [-0.2, 0) is 9.53 Å². The van der Waals surface area contributed by atoms with Crippen molar-refractivity contribution in [3.05, 3.63) is 64.5 Å². The standard InChI is InChI=1S/C23H20BrFN4O4/c1-28(12-16-13-29(23(31)33-16)15-4-5-17(24)18(25)11-15)21(30)8-3-14-9-10-26-19-6-7-20(32-2)27-22(14)19/h3-11,16H,12-13H2,1-2H3. The van der Waals surface area contributed by atoms with Gasteiger partial charge in [0.15, 0.2) is 0 Å². The van der Waals surface area contributed by atoms with Crippen molar-refractivity contribution < 1.29 is 23.5 Å². The normalized spacial score (nSPS) is 15.8. The zero-order valence-electron chi connectivity index (χ0n) is 17.9. The van der Waals surface area contributed by atoms with E-state index in [9.17, 15) is 14.0 Å². The number of carbonyl (C=O) groups excluding carboxylic acids is 2. The minimum atomic E-state index is -0.582. The molecule has 10 heteroatoms. The molecule has 2 amide bonds. The van der Waals surface area contributed by atoms with Gasteiger partial charge in [-0.1, -0.05) is 0 Å². The van der Waals surface area contributed by atoms with Crippen LogP contribution in [0.2, 0.25) is 0 Å². The van der Waals surface area contributed by atoms with E-state index in [1.54, 1.807) is 43.6 Å². The van der Waals surface area contributed by atoms with Gasteiger partial charge in [-0.25, -0.2) is 14.2 Å². The highest BCUT2D eigenvalue weighted by atomic mass is 79.9. The largest absolute Gasteiger partial charge is 0.481 e. The molecule has 1 fully saturated rings. The zero-order valence-corrected chi connectivity index (χ0v) is 19.5. The topological polar surface area (TPSA) is 84.9 Å². The van der Waals surface area contributed by atoms with Crippen LogP contribution in [-0.4, -0.2) is 60.2 Å². The van der Waals surface area contributed by atoms with Crippen molar-refractivity contribution in [3.63, 3.8) is 0 Å². The SMILES string of the molecule is COc1ccc2nccc(C=CC(=O)N(C)CC3CN(c4ccc(Br)c(F)c4)C(=O)O3)c2n1.